The van der Waals surface area contributed by atoms with Gasteiger partial charge in [-0.15, -0.1) is 0 Å². The molecule has 0 amide bonds. The highest BCUT2D eigenvalue weighted by atomic mass is 35.5. The molecule has 0 aliphatic heterocycles. The van der Waals surface area contributed by atoms with Crippen molar-refractivity contribution in [3.63, 3.8) is 0 Å². The molecule has 0 bridgehead atoms. The van der Waals surface area contributed by atoms with Crippen LogP contribution in [-0.2, 0) is 6.54 Å². The summed E-state index contributed by atoms with van der Waals surface area (Å²) in [5.74, 6) is -0.449. The highest BCUT2D eigenvalue weighted by molar-refractivity contribution is 6.30. The number of nitrogens with zero attached hydrogens (tertiary/aromatic N) is 1. The van der Waals surface area contributed by atoms with Gasteiger partial charge in [0.25, 0.3) is 0 Å². The lowest BCUT2D eigenvalue weighted by molar-refractivity contribution is 0.194. The van der Waals surface area contributed by atoms with Crippen molar-refractivity contribution >= 4 is 11.6 Å². The predicted octanol–water partition coefficient (Wildman–Crippen LogP) is 4.31. The van der Waals surface area contributed by atoms with Gasteiger partial charge < -0.3 is 15.9 Å². The number of rotatable bonds is 6. The molecular formula is C23H28ClFN2O2. The van der Waals surface area contributed by atoms with Gasteiger partial charge in [0.1, 0.15) is 11.6 Å². The van der Waals surface area contributed by atoms with Crippen LogP contribution in [0.1, 0.15) is 5.56 Å². The molecule has 0 aromatic heterocycles. The standard InChI is InChI=1S/C11H18N2O.C6H5Cl.C6H5FO/c12-6-7-13(8-9-14)10-11-4-2-1-3-5-11;7-6-4-2-1-3-5-6;7-5-2-1-3-6(8)4-5/h1-5,14H,6-10,12H2;1-5H;1-4,8H. The molecule has 6 heteroatoms. The number of phenolic OH excluding ortho intramolecular Hbond substituents is 1. The number of aliphatic hydroxyl groups excluding tert-OH is 1. The predicted molar refractivity (Wildman–Crippen MR) is 117 cm³/mol. The second kappa shape index (κ2) is 15.5. The first-order valence-corrected chi connectivity index (χ1v) is 9.65. The molecule has 0 radical (unpaired) electrons. The summed E-state index contributed by atoms with van der Waals surface area (Å²) in [5.41, 5.74) is 6.75. The van der Waals surface area contributed by atoms with E-state index in [0.717, 1.165) is 24.2 Å². The van der Waals surface area contributed by atoms with Gasteiger partial charge in [0.2, 0.25) is 0 Å². The van der Waals surface area contributed by atoms with E-state index >= 15 is 0 Å². The molecule has 29 heavy (non-hydrogen) atoms. The summed E-state index contributed by atoms with van der Waals surface area (Å²) in [7, 11) is 0. The van der Waals surface area contributed by atoms with Crippen LogP contribution in [0.15, 0.2) is 84.9 Å². The first-order valence-electron chi connectivity index (χ1n) is 9.27. The molecule has 0 spiro atoms. The van der Waals surface area contributed by atoms with Crippen LogP contribution in [0.2, 0.25) is 5.02 Å². The van der Waals surface area contributed by atoms with Gasteiger partial charge in [-0.1, -0.05) is 66.2 Å². The molecule has 3 aromatic rings. The summed E-state index contributed by atoms with van der Waals surface area (Å²) in [4.78, 5) is 2.15. The maximum absolute atomic E-state index is 12.0. The van der Waals surface area contributed by atoms with Crippen molar-refractivity contribution in [2.24, 2.45) is 5.73 Å². The van der Waals surface area contributed by atoms with Crippen molar-refractivity contribution in [3.05, 3.63) is 101 Å². The van der Waals surface area contributed by atoms with Crippen LogP contribution in [0.25, 0.3) is 0 Å². The normalized spacial score (nSPS) is 9.83. The largest absolute Gasteiger partial charge is 0.508 e. The Morgan fingerprint density at radius 3 is 1.90 bits per heavy atom. The number of hydrogen-bond donors (Lipinski definition) is 3. The second-order valence-corrected chi connectivity index (χ2v) is 6.49. The van der Waals surface area contributed by atoms with Gasteiger partial charge in [-0.05, 0) is 29.8 Å². The average Bonchev–Trinajstić information content (AvgIpc) is 2.71. The summed E-state index contributed by atoms with van der Waals surface area (Å²) in [6.07, 6.45) is 0. The van der Waals surface area contributed by atoms with Crippen LogP contribution in [-0.4, -0.2) is 41.4 Å². The van der Waals surface area contributed by atoms with E-state index in [1.165, 1.54) is 23.8 Å². The van der Waals surface area contributed by atoms with Crippen molar-refractivity contribution < 1.29 is 14.6 Å². The lowest BCUT2D eigenvalue weighted by Crippen LogP contribution is -2.31. The zero-order valence-electron chi connectivity index (χ0n) is 16.3. The van der Waals surface area contributed by atoms with Gasteiger partial charge in [0, 0.05) is 37.3 Å². The summed E-state index contributed by atoms with van der Waals surface area (Å²) in [6.45, 7) is 3.19. The zero-order chi connectivity index (χ0) is 21.3. The van der Waals surface area contributed by atoms with Crippen LogP contribution < -0.4 is 5.73 Å². The average molecular weight is 419 g/mol. The van der Waals surface area contributed by atoms with E-state index in [1.807, 2.05) is 48.5 Å². The third kappa shape index (κ3) is 12.6. The van der Waals surface area contributed by atoms with E-state index in [2.05, 4.69) is 17.0 Å². The molecule has 0 aliphatic carbocycles. The molecular weight excluding hydrogens is 391 g/mol. The molecule has 0 fully saturated rings. The Hall–Kier alpha value is -2.44. The molecule has 3 aromatic carbocycles. The van der Waals surface area contributed by atoms with Gasteiger partial charge in [0.15, 0.2) is 0 Å². The molecule has 4 nitrogen and oxygen atoms in total. The molecule has 3 rings (SSSR count). The SMILES string of the molecule is Clc1ccccc1.NCCN(CCO)Cc1ccccc1.Oc1cccc(F)c1. The van der Waals surface area contributed by atoms with E-state index in [1.54, 1.807) is 0 Å². The monoisotopic (exact) mass is 418 g/mol. The minimum absolute atomic E-state index is 0.0370. The Balaban J connectivity index is 0.000000237. The Labute approximate surface area is 177 Å². The first-order chi connectivity index (χ1) is 14.0. The number of aromatic hydroxyl groups is 1. The molecule has 156 valence electrons. The highest BCUT2D eigenvalue weighted by Crippen LogP contribution is 2.08. The van der Waals surface area contributed by atoms with Crippen LogP contribution in [0.3, 0.4) is 0 Å². The smallest absolute Gasteiger partial charge is 0.126 e. The minimum Gasteiger partial charge on any atom is -0.508 e. The van der Waals surface area contributed by atoms with Gasteiger partial charge in [-0.2, -0.15) is 0 Å². The van der Waals surface area contributed by atoms with Crippen molar-refractivity contribution in [3.8, 4) is 5.75 Å². The number of hydrogen-bond acceptors (Lipinski definition) is 4. The van der Waals surface area contributed by atoms with Gasteiger partial charge >= 0.3 is 0 Å². The zero-order valence-corrected chi connectivity index (χ0v) is 17.0. The molecule has 0 aliphatic rings. The molecule has 0 atom stereocenters. The molecule has 0 heterocycles. The fourth-order valence-corrected chi connectivity index (χ4v) is 2.47. The highest BCUT2D eigenvalue weighted by Gasteiger charge is 2.03. The summed E-state index contributed by atoms with van der Waals surface area (Å²) in [5, 5.41) is 18.2. The van der Waals surface area contributed by atoms with Crippen LogP contribution in [0, 0.1) is 5.82 Å². The Morgan fingerprint density at radius 2 is 1.48 bits per heavy atom. The van der Waals surface area contributed by atoms with Crippen molar-refractivity contribution in [2.75, 3.05) is 26.2 Å². The Morgan fingerprint density at radius 1 is 0.862 bits per heavy atom. The van der Waals surface area contributed by atoms with Gasteiger partial charge in [-0.25, -0.2) is 4.39 Å². The lowest BCUT2D eigenvalue weighted by Gasteiger charge is -2.20. The second-order valence-electron chi connectivity index (χ2n) is 6.05. The maximum atomic E-state index is 12.0. The van der Waals surface area contributed by atoms with Crippen molar-refractivity contribution in [2.45, 2.75) is 6.54 Å². The summed E-state index contributed by atoms with van der Waals surface area (Å²) in [6, 6.07) is 24.9. The number of halogens is 2. The number of aliphatic hydroxyl groups is 1. The quantitative estimate of drug-likeness (QED) is 0.557. The van der Waals surface area contributed by atoms with E-state index in [9.17, 15) is 4.39 Å². The third-order valence-corrected chi connectivity index (χ3v) is 3.90. The maximum Gasteiger partial charge on any atom is 0.126 e. The Kier molecular flexibility index (Phi) is 13.1. The van der Waals surface area contributed by atoms with Crippen molar-refractivity contribution in [1.29, 1.82) is 0 Å². The number of nitrogens with two attached hydrogens (primary N) is 1. The topological polar surface area (TPSA) is 69.7 Å². The van der Waals surface area contributed by atoms with Crippen molar-refractivity contribution in [1.82, 2.24) is 4.90 Å². The fourth-order valence-electron chi connectivity index (χ4n) is 2.33. The van der Waals surface area contributed by atoms with E-state index in [0.29, 0.717) is 13.1 Å². The number of benzene rings is 3. The van der Waals surface area contributed by atoms with Crippen LogP contribution in [0.5, 0.6) is 5.75 Å². The first kappa shape index (κ1) is 24.6. The number of phenols is 1. The fraction of sp³-hybridized carbons (Fsp3) is 0.217. The third-order valence-electron chi connectivity index (χ3n) is 3.65. The van der Waals surface area contributed by atoms with Gasteiger partial charge in [-0.3, -0.25) is 4.90 Å². The van der Waals surface area contributed by atoms with Gasteiger partial charge in [0.05, 0.1) is 6.61 Å². The van der Waals surface area contributed by atoms with Crippen LogP contribution >= 0.6 is 11.6 Å². The van der Waals surface area contributed by atoms with E-state index in [-0.39, 0.29) is 12.4 Å². The summed E-state index contributed by atoms with van der Waals surface area (Å²) < 4.78 is 12.0. The summed E-state index contributed by atoms with van der Waals surface area (Å²) >= 11 is 5.54. The Bertz CT molecular complexity index is 753. The molecule has 4 N–H and O–H groups in total. The lowest BCUT2D eigenvalue weighted by atomic mass is 10.2. The van der Waals surface area contributed by atoms with E-state index in [4.69, 9.17) is 27.5 Å². The molecule has 0 unspecified atom stereocenters. The molecule has 0 saturated heterocycles. The van der Waals surface area contributed by atoms with E-state index < -0.39 is 5.82 Å². The molecule has 0 saturated carbocycles. The minimum atomic E-state index is -0.412. The van der Waals surface area contributed by atoms with Crippen LogP contribution in [0.4, 0.5) is 4.39 Å².